The molecule has 3 rings (SSSR count). The van der Waals surface area contributed by atoms with Gasteiger partial charge in [-0.2, -0.15) is 0 Å². The molecule has 154 valence electrons. The van der Waals surface area contributed by atoms with E-state index in [2.05, 4.69) is 15.5 Å². The molecule has 7 heteroatoms. The minimum Gasteiger partial charge on any atom is -0.497 e. The maximum atomic E-state index is 12.9. The molecule has 2 aromatic rings. The van der Waals surface area contributed by atoms with Crippen LogP contribution in [0.1, 0.15) is 18.4 Å². The SMILES string of the molecule is COc1ccc(NC(=O)CN2CCC(C(=O)NCc3ccc(F)cc3)CC2)cc1. The van der Waals surface area contributed by atoms with Crippen LogP contribution in [0.2, 0.25) is 0 Å². The molecule has 0 unspecified atom stereocenters. The highest BCUT2D eigenvalue weighted by Gasteiger charge is 2.25. The highest BCUT2D eigenvalue weighted by Crippen LogP contribution is 2.18. The first-order chi connectivity index (χ1) is 14.0. The lowest BCUT2D eigenvalue weighted by Crippen LogP contribution is -2.43. The maximum absolute atomic E-state index is 12.9. The van der Waals surface area contributed by atoms with Crippen LogP contribution in [0.5, 0.6) is 5.75 Å². The number of nitrogens with zero attached hydrogens (tertiary/aromatic N) is 1. The fourth-order valence-corrected chi connectivity index (χ4v) is 3.37. The molecule has 0 radical (unpaired) electrons. The lowest BCUT2D eigenvalue weighted by molar-refractivity contribution is -0.126. The van der Waals surface area contributed by atoms with Crippen LogP contribution in [0, 0.1) is 11.7 Å². The molecular weight excluding hydrogens is 373 g/mol. The Kier molecular flexibility index (Phi) is 7.19. The zero-order valence-corrected chi connectivity index (χ0v) is 16.5. The number of amides is 2. The second kappa shape index (κ2) is 10.0. The van der Waals surface area contributed by atoms with Gasteiger partial charge in [-0.1, -0.05) is 12.1 Å². The van der Waals surface area contributed by atoms with Gasteiger partial charge in [0.1, 0.15) is 11.6 Å². The Morgan fingerprint density at radius 1 is 1.07 bits per heavy atom. The van der Waals surface area contributed by atoms with Gasteiger partial charge in [0.25, 0.3) is 0 Å². The minimum atomic E-state index is -0.288. The summed E-state index contributed by atoms with van der Waals surface area (Å²) in [7, 11) is 1.60. The van der Waals surface area contributed by atoms with Gasteiger partial charge >= 0.3 is 0 Å². The van der Waals surface area contributed by atoms with Crippen molar-refractivity contribution in [1.82, 2.24) is 10.2 Å². The molecule has 0 atom stereocenters. The molecule has 1 aliphatic heterocycles. The first-order valence-corrected chi connectivity index (χ1v) is 9.72. The molecule has 2 N–H and O–H groups in total. The van der Waals surface area contributed by atoms with Crippen LogP contribution in [0.3, 0.4) is 0 Å². The van der Waals surface area contributed by atoms with Gasteiger partial charge in [-0.3, -0.25) is 14.5 Å². The number of hydrogen-bond donors (Lipinski definition) is 2. The van der Waals surface area contributed by atoms with Gasteiger partial charge in [-0.25, -0.2) is 4.39 Å². The predicted molar refractivity (Wildman–Crippen MR) is 109 cm³/mol. The summed E-state index contributed by atoms with van der Waals surface area (Å²) in [6.07, 6.45) is 1.43. The third-order valence-electron chi connectivity index (χ3n) is 5.08. The van der Waals surface area contributed by atoms with E-state index in [0.29, 0.717) is 39.0 Å². The molecule has 0 saturated carbocycles. The molecule has 0 spiro atoms. The Labute approximate surface area is 170 Å². The standard InChI is InChI=1S/C22H26FN3O3/c1-29-20-8-6-19(7-9-20)25-21(27)15-26-12-10-17(11-13-26)22(28)24-14-16-2-4-18(23)5-3-16/h2-9,17H,10-15H2,1H3,(H,24,28)(H,25,27). The van der Waals surface area contributed by atoms with Crippen molar-refractivity contribution in [2.75, 3.05) is 32.1 Å². The first-order valence-electron chi connectivity index (χ1n) is 9.72. The van der Waals surface area contributed by atoms with Gasteiger partial charge in [0, 0.05) is 18.2 Å². The Balaban J connectivity index is 1.38. The number of piperidine rings is 1. The average molecular weight is 399 g/mol. The monoisotopic (exact) mass is 399 g/mol. The average Bonchev–Trinajstić information content (AvgIpc) is 2.74. The molecule has 0 bridgehead atoms. The summed E-state index contributed by atoms with van der Waals surface area (Å²) < 4.78 is 18.0. The Bertz CT molecular complexity index is 816. The number of rotatable bonds is 7. The van der Waals surface area contributed by atoms with Crippen LogP contribution < -0.4 is 15.4 Å². The van der Waals surface area contributed by atoms with Gasteiger partial charge in [0.2, 0.25) is 11.8 Å². The lowest BCUT2D eigenvalue weighted by atomic mass is 9.96. The van der Waals surface area contributed by atoms with E-state index in [0.717, 1.165) is 17.0 Å². The Morgan fingerprint density at radius 2 is 1.72 bits per heavy atom. The van der Waals surface area contributed by atoms with Crippen molar-refractivity contribution in [1.29, 1.82) is 0 Å². The third kappa shape index (κ3) is 6.29. The number of anilines is 1. The number of benzene rings is 2. The molecule has 29 heavy (non-hydrogen) atoms. The predicted octanol–water partition coefficient (Wildman–Crippen LogP) is 2.80. The molecule has 2 aromatic carbocycles. The van der Waals surface area contributed by atoms with E-state index in [1.165, 1.54) is 12.1 Å². The van der Waals surface area contributed by atoms with Gasteiger partial charge < -0.3 is 15.4 Å². The summed E-state index contributed by atoms with van der Waals surface area (Å²) in [5.74, 6) is 0.327. The number of methoxy groups -OCH3 is 1. The highest BCUT2D eigenvalue weighted by atomic mass is 19.1. The number of carbonyl (C=O) groups is 2. The highest BCUT2D eigenvalue weighted by molar-refractivity contribution is 5.92. The largest absolute Gasteiger partial charge is 0.497 e. The van der Waals surface area contributed by atoms with Crippen LogP contribution in [0.25, 0.3) is 0 Å². The number of carbonyl (C=O) groups excluding carboxylic acids is 2. The normalized spacial score (nSPS) is 15.0. The van der Waals surface area contributed by atoms with Crippen molar-refractivity contribution in [3.05, 3.63) is 59.9 Å². The van der Waals surface area contributed by atoms with Gasteiger partial charge in [-0.15, -0.1) is 0 Å². The molecule has 6 nitrogen and oxygen atoms in total. The fraction of sp³-hybridized carbons (Fsp3) is 0.364. The van der Waals surface area contributed by atoms with Crippen molar-refractivity contribution in [2.45, 2.75) is 19.4 Å². The zero-order chi connectivity index (χ0) is 20.6. The molecule has 2 amide bonds. The molecule has 1 fully saturated rings. The molecule has 1 saturated heterocycles. The number of halogens is 1. The van der Waals surface area contributed by atoms with E-state index < -0.39 is 0 Å². The van der Waals surface area contributed by atoms with Crippen LogP contribution in [-0.4, -0.2) is 43.5 Å². The fourth-order valence-electron chi connectivity index (χ4n) is 3.37. The van der Waals surface area contributed by atoms with Crippen molar-refractivity contribution < 1.29 is 18.7 Å². The van der Waals surface area contributed by atoms with E-state index in [4.69, 9.17) is 4.74 Å². The summed E-state index contributed by atoms with van der Waals surface area (Å²) in [4.78, 5) is 26.7. The molecule has 1 aliphatic rings. The van der Waals surface area contributed by atoms with Crippen molar-refractivity contribution in [3.8, 4) is 5.75 Å². The molecular formula is C22H26FN3O3. The van der Waals surface area contributed by atoms with E-state index in [-0.39, 0.29) is 23.5 Å². The Morgan fingerprint density at radius 3 is 2.34 bits per heavy atom. The summed E-state index contributed by atoms with van der Waals surface area (Å²) in [5, 5.41) is 5.79. The van der Waals surface area contributed by atoms with Crippen LogP contribution in [-0.2, 0) is 16.1 Å². The van der Waals surface area contributed by atoms with E-state index >= 15 is 0 Å². The van der Waals surface area contributed by atoms with E-state index in [1.807, 2.05) is 0 Å². The van der Waals surface area contributed by atoms with Gasteiger partial charge in [-0.05, 0) is 67.9 Å². The Hall–Kier alpha value is -2.93. The summed E-state index contributed by atoms with van der Waals surface area (Å²) in [5.41, 5.74) is 1.60. The van der Waals surface area contributed by atoms with Crippen LogP contribution >= 0.6 is 0 Å². The summed E-state index contributed by atoms with van der Waals surface area (Å²) in [6, 6.07) is 13.3. The maximum Gasteiger partial charge on any atom is 0.238 e. The van der Waals surface area contributed by atoms with Gasteiger partial charge in [0.05, 0.1) is 13.7 Å². The number of nitrogens with one attached hydrogen (secondary N) is 2. The minimum absolute atomic E-state index is 0.0108. The summed E-state index contributed by atoms with van der Waals surface area (Å²) >= 11 is 0. The molecule has 0 aromatic heterocycles. The van der Waals surface area contributed by atoms with E-state index in [9.17, 15) is 14.0 Å². The van der Waals surface area contributed by atoms with Crippen molar-refractivity contribution >= 4 is 17.5 Å². The lowest BCUT2D eigenvalue weighted by Gasteiger charge is -2.30. The topological polar surface area (TPSA) is 70.7 Å². The third-order valence-corrected chi connectivity index (χ3v) is 5.08. The van der Waals surface area contributed by atoms with Gasteiger partial charge in [0.15, 0.2) is 0 Å². The quantitative estimate of drug-likeness (QED) is 0.751. The van der Waals surface area contributed by atoms with Crippen LogP contribution in [0.15, 0.2) is 48.5 Å². The smallest absolute Gasteiger partial charge is 0.238 e. The van der Waals surface area contributed by atoms with Crippen molar-refractivity contribution in [3.63, 3.8) is 0 Å². The summed E-state index contributed by atoms with van der Waals surface area (Å²) in [6.45, 7) is 2.09. The first kappa shape index (κ1) is 20.8. The van der Waals surface area contributed by atoms with Crippen LogP contribution in [0.4, 0.5) is 10.1 Å². The van der Waals surface area contributed by atoms with Crippen molar-refractivity contribution in [2.24, 2.45) is 5.92 Å². The molecule has 1 heterocycles. The zero-order valence-electron chi connectivity index (χ0n) is 16.5. The number of likely N-dealkylation sites (tertiary alicyclic amines) is 1. The second-order valence-electron chi connectivity index (χ2n) is 7.17. The van der Waals surface area contributed by atoms with E-state index in [1.54, 1.807) is 43.5 Å². The number of ether oxygens (including phenoxy) is 1. The molecule has 0 aliphatic carbocycles. The number of hydrogen-bond acceptors (Lipinski definition) is 4. The second-order valence-corrected chi connectivity index (χ2v) is 7.17.